The molecule has 0 saturated heterocycles. The summed E-state index contributed by atoms with van der Waals surface area (Å²) in [5, 5.41) is 2.53. The van der Waals surface area contributed by atoms with E-state index in [1.165, 1.54) is 64.9 Å². The van der Waals surface area contributed by atoms with Gasteiger partial charge < -0.3 is 4.90 Å². The van der Waals surface area contributed by atoms with Crippen LogP contribution in [-0.4, -0.2) is 15.0 Å². The first-order chi connectivity index (χ1) is 28.3. The van der Waals surface area contributed by atoms with Crippen molar-refractivity contribution in [2.24, 2.45) is 0 Å². The number of nitrogens with zero attached hydrogens (tertiary/aromatic N) is 4. The van der Waals surface area contributed by atoms with E-state index in [0.29, 0.717) is 17.5 Å². The van der Waals surface area contributed by atoms with Crippen LogP contribution in [0.2, 0.25) is 0 Å². The SMILES string of the molecule is c1ccc(-c2nc(-c3ccc4c(c3)-c3ccccc3C43c4ccccc4N(c4ccccc4)c4ccccc43)nc(-c3ccc4c(c3)sc3ccccc34)n2)cc1. The topological polar surface area (TPSA) is 41.9 Å². The summed E-state index contributed by atoms with van der Waals surface area (Å²) in [5.41, 5.74) is 13.3. The minimum absolute atomic E-state index is 0.526. The number of anilines is 3. The zero-order valence-electron chi connectivity index (χ0n) is 30.7. The molecule has 2 aliphatic rings. The number of rotatable bonds is 4. The van der Waals surface area contributed by atoms with E-state index >= 15 is 0 Å². The summed E-state index contributed by atoms with van der Waals surface area (Å²) < 4.78 is 2.49. The summed E-state index contributed by atoms with van der Waals surface area (Å²) in [7, 11) is 0. The van der Waals surface area contributed by atoms with Crippen LogP contribution >= 0.6 is 11.3 Å². The molecule has 1 spiro atoms. The summed E-state index contributed by atoms with van der Waals surface area (Å²) in [6, 6.07) is 69.7. The maximum absolute atomic E-state index is 5.24. The Labute approximate surface area is 334 Å². The first-order valence-electron chi connectivity index (χ1n) is 19.3. The quantitative estimate of drug-likeness (QED) is 0.180. The number of fused-ring (bicyclic) bond motifs is 12. The van der Waals surface area contributed by atoms with E-state index in [9.17, 15) is 0 Å². The molecule has 3 heterocycles. The van der Waals surface area contributed by atoms with Gasteiger partial charge in [0.05, 0.1) is 16.8 Å². The molecule has 12 rings (SSSR count). The lowest BCUT2D eigenvalue weighted by atomic mass is 9.64. The summed E-state index contributed by atoms with van der Waals surface area (Å²) in [4.78, 5) is 17.9. The van der Waals surface area contributed by atoms with Crippen molar-refractivity contribution in [1.29, 1.82) is 0 Å². The molecule has 0 radical (unpaired) electrons. The molecule has 0 atom stereocenters. The molecular weight excluding hydrogens is 713 g/mol. The van der Waals surface area contributed by atoms with Crippen LogP contribution in [0.1, 0.15) is 22.3 Å². The lowest BCUT2D eigenvalue weighted by molar-refractivity contribution is 0.752. The van der Waals surface area contributed by atoms with Gasteiger partial charge in [0.2, 0.25) is 0 Å². The summed E-state index contributed by atoms with van der Waals surface area (Å²) in [6.07, 6.45) is 0. The third-order valence-corrected chi connectivity index (χ3v) is 12.9. The largest absolute Gasteiger partial charge is 0.310 e. The number of benzene rings is 8. The molecule has 8 aromatic carbocycles. The zero-order chi connectivity index (χ0) is 37.5. The van der Waals surface area contributed by atoms with Gasteiger partial charge in [-0.25, -0.2) is 15.0 Å². The van der Waals surface area contributed by atoms with E-state index in [2.05, 4.69) is 181 Å². The van der Waals surface area contributed by atoms with E-state index in [1.54, 1.807) is 11.3 Å². The number of hydrogen-bond acceptors (Lipinski definition) is 5. The van der Waals surface area contributed by atoms with Gasteiger partial charge in [-0.15, -0.1) is 11.3 Å². The fourth-order valence-corrected chi connectivity index (χ4v) is 10.5. The molecule has 57 heavy (non-hydrogen) atoms. The van der Waals surface area contributed by atoms with Gasteiger partial charge in [0.15, 0.2) is 17.5 Å². The van der Waals surface area contributed by atoms with Crippen LogP contribution in [0, 0.1) is 0 Å². The van der Waals surface area contributed by atoms with Crippen molar-refractivity contribution in [2.75, 3.05) is 4.90 Å². The molecule has 0 fully saturated rings. The van der Waals surface area contributed by atoms with Gasteiger partial charge in [-0.2, -0.15) is 0 Å². The first-order valence-corrected chi connectivity index (χ1v) is 20.1. The fourth-order valence-electron chi connectivity index (χ4n) is 9.32. The van der Waals surface area contributed by atoms with Crippen molar-refractivity contribution >= 4 is 48.6 Å². The predicted molar refractivity (Wildman–Crippen MR) is 235 cm³/mol. The van der Waals surface area contributed by atoms with Crippen LogP contribution in [0.5, 0.6) is 0 Å². The van der Waals surface area contributed by atoms with Crippen molar-refractivity contribution in [3.8, 4) is 45.3 Å². The van der Waals surface area contributed by atoms with Gasteiger partial charge in [0.1, 0.15) is 0 Å². The van der Waals surface area contributed by atoms with Crippen LogP contribution in [0.15, 0.2) is 194 Å². The van der Waals surface area contributed by atoms with E-state index in [4.69, 9.17) is 15.0 Å². The van der Waals surface area contributed by atoms with Gasteiger partial charge in [-0.3, -0.25) is 0 Å². The minimum atomic E-state index is -0.526. The number of thiophene rings is 1. The second kappa shape index (κ2) is 12.4. The monoisotopic (exact) mass is 744 g/mol. The second-order valence-corrected chi connectivity index (χ2v) is 15.8. The minimum Gasteiger partial charge on any atom is -0.310 e. The van der Waals surface area contributed by atoms with Gasteiger partial charge in [0.25, 0.3) is 0 Å². The lowest BCUT2D eigenvalue weighted by Gasteiger charge is -2.45. The Hall–Kier alpha value is -7.21. The number of aromatic nitrogens is 3. The van der Waals surface area contributed by atoms with Crippen LogP contribution in [0.4, 0.5) is 17.1 Å². The highest BCUT2D eigenvalue weighted by Crippen LogP contribution is 2.63. The molecule has 2 aromatic heterocycles. The third-order valence-electron chi connectivity index (χ3n) is 11.7. The van der Waals surface area contributed by atoms with Crippen molar-refractivity contribution in [2.45, 2.75) is 5.41 Å². The third kappa shape index (κ3) is 4.70. The molecule has 5 heteroatoms. The van der Waals surface area contributed by atoms with E-state index < -0.39 is 5.41 Å². The molecule has 0 bridgehead atoms. The van der Waals surface area contributed by atoms with E-state index in [1.807, 2.05) is 18.2 Å². The zero-order valence-corrected chi connectivity index (χ0v) is 31.5. The molecule has 10 aromatic rings. The Morgan fingerprint density at radius 2 is 0.895 bits per heavy atom. The Bertz CT molecular complexity index is 3160. The van der Waals surface area contributed by atoms with Crippen LogP contribution in [-0.2, 0) is 5.41 Å². The number of para-hydroxylation sites is 3. The Morgan fingerprint density at radius 3 is 1.63 bits per heavy atom. The van der Waals surface area contributed by atoms with Crippen LogP contribution < -0.4 is 4.90 Å². The molecule has 0 saturated carbocycles. The van der Waals surface area contributed by atoms with Crippen molar-refractivity contribution in [3.63, 3.8) is 0 Å². The Morgan fingerprint density at radius 1 is 0.368 bits per heavy atom. The Balaban J connectivity index is 1.07. The summed E-state index contributed by atoms with van der Waals surface area (Å²) in [5.74, 6) is 1.96. The molecule has 0 amide bonds. The summed E-state index contributed by atoms with van der Waals surface area (Å²) >= 11 is 1.80. The van der Waals surface area contributed by atoms with Crippen molar-refractivity contribution < 1.29 is 0 Å². The van der Waals surface area contributed by atoms with Gasteiger partial charge in [-0.1, -0.05) is 152 Å². The van der Waals surface area contributed by atoms with Gasteiger partial charge >= 0.3 is 0 Å². The lowest BCUT2D eigenvalue weighted by Crippen LogP contribution is -2.36. The molecule has 266 valence electrons. The highest BCUT2D eigenvalue weighted by Gasteiger charge is 2.51. The maximum atomic E-state index is 5.24. The van der Waals surface area contributed by atoms with Crippen LogP contribution in [0.25, 0.3) is 65.5 Å². The normalized spacial score (nSPS) is 13.4. The number of hydrogen-bond donors (Lipinski definition) is 0. The van der Waals surface area contributed by atoms with Crippen LogP contribution in [0.3, 0.4) is 0 Å². The molecule has 0 unspecified atom stereocenters. The molecule has 1 aliphatic carbocycles. The van der Waals surface area contributed by atoms with E-state index in [-0.39, 0.29) is 0 Å². The first kappa shape index (κ1) is 32.1. The molecular formula is C52H32N4S. The van der Waals surface area contributed by atoms with Crippen molar-refractivity contribution in [3.05, 3.63) is 216 Å². The average molecular weight is 745 g/mol. The molecule has 1 aliphatic heterocycles. The smallest absolute Gasteiger partial charge is 0.164 e. The highest BCUT2D eigenvalue weighted by atomic mass is 32.1. The Kier molecular flexibility index (Phi) is 6.98. The second-order valence-electron chi connectivity index (χ2n) is 14.7. The van der Waals surface area contributed by atoms with E-state index in [0.717, 1.165) is 22.4 Å². The fraction of sp³-hybridized carbons (Fsp3) is 0.0192. The molecule has 4 nitrogen and oxygen atoms in total. The summed E-state index contributed by atoms with van der Waals surface area (Å²) in [6.45, 7) is 0. The average Bonchev–Trinajstić information content (AvgIpc) is 3.80. The van der Waals surface area contributed by atoms with Gasteiger partial charge in [0, 0.05) is 42.6 Å². The highest BCUT2D eigenvalue weighted by molar-refractivity contribution is 7.25. The van der Waals surface area contributed by atoms with Crippen molar-refractivity contribution in [1.82, 2.24) is 15.0 Å². The maximum Gasteiger partial charge on any atom is 0.164 e. The van der Waals surface area contributed by atoms with Gasteiger partial charge in [-0.05, 0) is 75.8 Å². The standard InChI is InChI=1S/C52H32N4S/c1-3-15-33(16-4-1)49-53-50(55-51(54-49)35-27-29-39-38-20-8-14-26-47(38)57-48(39)32-35)34-28-30-42-40(31-34)37-19-7-9-21-41(37)52(42)43-22-10-12-24-45(43)56(36-17-5-2-6-18-36)46-25-13-11-23-44(46)52/h1-32H. The predicted octanol–water partition coefficient (Wildman–Crippen LogP) is 13.4. The molecule has 0 N–H and O–H groups in total.